The average molecular weight is 195 g/mol. The molecular formula is C13H25N. The van der Waals surface area contributed by atoms with Gasteiger partial charge in [-0.25, -0.2) is 0 Å². The van der Waals surface area contributed by atoms with E-state index in [2.05, 4.69) is 26.8 Å². The summed E-state index contributed by atoms with van der Waals surface area (Å²) >= 11 is 0. The molecule has 0 spiro atoms. The van der Waals surface area contributed by atoms with Crippen LogP contribution >= 0.6 is 0 Å². The molecule has 0 aliphatic heterocycles. The van der Waals surface area contributed by atoms with Crippen molar-refractivity contribution in [1.29, 1.82) is 0 Å². The predicted octanol–water partition coefficient (Wildman–Crippen LogP) is 3.50. The molecule has 0 aromatic rings. The van der Waals surface area contributed by atoms with E-state index in [0.29, 0.717) is 6.04 Å². The summed E-state index contributed by atoms with van der Waals surface area (Å²) in [7, 11) is 0. The Balaban J connectivity index is 2.25. The Labute approximate surface area is 88.8 Å². The average Bonchev–Trinajstić information content (AvgIpc) is 2.14. The van der Waals surface area contributed by atoms with Gasteiger partial charge in [-0.1, -0.05) is 38.3 Å². The second kappa shape index (κ2) is 5.55. The van der Waals surface area contributed by atoms with Crippen LogP contribution in [-0.4, -0.2) is 6.04 Å². The molecule has 1 aliphatic rings. The van der Waals surface area contributed by atoms with Crippen molar-refractivity contribution in [2.45, 2.75) is 58.9 Å². The molecule has 0 aromatic carbocycles. The third-order valence-electron chi connectivity index (χ3n) is 3.52. The lowest BCUT2D eigenvalue weighted by molar-refractivity contribution is 0.329. The molecule has 1 rings (SSSR count). The van der Waals surface area contributed by atoms with Gasteiger partial charge >= 0.3 is 0 Å². The fourth-order valence-corrected chi connectivity index (χ4v) is 2.59. The maximum absolute atomic E-state index is 6.10. The van der Waals surface area contributed by atoms with Gasteiger partial charge in [-0.15, -0.1) is 0 Å². The van der Waals surface area contributed by atoms with Gasteiger partial charge in [-0.2, -0.15) is 0 Å². The molecule has 0 radical (unpaired) electrons. The minimum absolute atomic E-state index is 0.429. The van der Waals surface area contributed by atoms with E-state index in [4.69, 9.17) is 5.73 Å². The molecule has 0 heterocycles. The van der Waals surface area contributed by atoms with E-state index >= 15 is 0 Å². The smallest absolute Gasteiger partial charge is 0.00446 e. The first kappa shape index (κ1) is 11.8. The first-order valence-corrected chi connectivity index (χ1v) is 6.12. The van der Waals surface area contributed by atoms with Crippen molar-refractivity contribution >= 4 is 0 Å². The van der Waals surface area contributed by atoms with Gasteiger partial charge in [0.25, 0.3) is 0 Å². The number of nitrogens with two attached hydrogens (primary N) is 1. The molecule has 0 fully saturated rings. The van der Waals surface area contributed by atoms with E-state index in [1.54, 1.807) is 5.57 Å². The molecule has 2 N–H and O–H groups in total. The zero-order chi connectivity index (χ0) is 10.6. The fraction of sp³-hybridized carbons (Fsp3) is 0.846. The van der Waals surface area contributed by atoms with Crippen LogP contribution in [0.3, 0.4) is 0 Å². The van der Waals surface area contributed by atoms with Gasteiger partial charge in [0.1, 0.15) is 0 Å². The fourth-order valence-electron chi connectivity index (χ4n) is 2.59. The first-order chi connectivity index (χ1) is 6.69. The van der Waals surface area contributed by atoms with Gasteiger partial charge in [0.05, 0.1) is 0 Å². The van der Waals surface area contributed by atoms with Crippen LogP contribution in [0.5, 0.6) is 0 Å². The number of hydrogen-bond acceptors (Lipinski definition) is 1. The van der Waals surface area contributed by atoms with Crippen molar-refractivity contribution < 1.29 is 0 Å². The molecule has 0 saturated heterocycles. The molecule has 1 heteroatoms. The molecule has 3 atom stereocenters. The van der Waals surface area contributed by atoms with Crippen LogP contribution < -0.4 is 5.73 Å². The van der Waals surface area contributed by atoms with Crippen molar-refractivity contribution in [1.82, 2.24) is 0 Å². The van der Waals surface area contributed by atoms with E-state index in [0.717, 1.165) is 11.8 Å². The SMILES string of the molecule is CCCCC(N)CC1C=C(C)C1CC. The van der Waals surface area contributed by atoms with Crippen LogP contribution in [0, 0.1) is 11.8 Å². The van der Waals surface area contributed by atoms with Crippen molar-refractivity contribution in [3.05, 3.63) is 11.6 Å². The van der Waals surface area contributed by atoms with E-state index < -0.39 is 0 Å². The van der Waals surface area contributed by atoms with Gasteiger partial charge in [0.15, 0.2) is 0 Å². The van der Waals surface area contributed by atoms with Crippen LogP contribution in [0.2, 0.25) is 0 Å². The Hall–Kier alpha value is -0.300. The summed E-state index contributed by atoms with van der Waals surface area (Å²) in [5, 5.41) is 0. The lowest BCUT2D eigenvalue weighted by Gasteiger charge is -2.35. The van der Waals surface area contributed by atoms with Crippen molar-refractivity contribution in [3.63, 3.8) is 0 Å². The summed E-state index contributed by atoms with van der Waals surface area (Å²) in [6.45, 7) is 6.77. The number of allylic oxidation sites excluding steroid dienone is 2. The molecular weight excluding hydrogens is 170 g/mol. The van der Waals surface area contributed by atoms with E-state index in [1.165, 1.54) is 32.1 Å². The van der Waals surface area contributed by atoms with Crippen LogP contribution in [-0.2, 0) is 0 Å². The summed E-state index contributed by atoms with van der Waals surface area (Å²) in [6, 6.07) is 0.429. The first-order valence-electron chi connectivity index (χ1n) is 6.12. The standard InChI is InChI=1S/C13H25N/c1-4-6-7-12(14)9-11-8-10(3)13(11)5-2/h8,11-13H,4-7,9,14H2,1-3H3. The topological polar surface area (TPSA) is 26.0 Å². The highest BCUT2D eigenvalue weighted by Gasteiger charge is 2.28. The Bertz CT molecular complexity index is 195. The minimum Gasteiger partial charge on any atom is -0.328 e. The Morgan fingerprint density at radius 2 is 2.14 bits per heavy atom. The zero-order valence-corrected chi connectivity index (χ0v) is 9.92. The molecule has 0 amide bonds. The second-order valence-electron chi connectivity index (χ2n) is 4.73. The van der Waals surface area contributed by atoms with E-state index in [9.17, 15) is 0 Å². The molecule has 1 nitrogen and oxygen atoms in total. The summed E-state index contributed by atoms with van der Waals surface area (Å²) in [4.78, 5) is 0. The van der Waals surface area contributed by atoms with Gasteiger partial charge in [-0.3, -0.25) is 0 Å². The normalized spacial score (nSPS) is 28.1. The third-order valence-corrected chi connectivity index (χ3v) is 3.52. The Morgan fingerprint density at radius 1 is 1.43 bits per heavy atom. The van der Waals surface area contributed by atoms with Crippen LogP contribution in [0.15, 0.2) is 11.6 Å². The van der Waals surface area contributed by atoms with Crippen molar-refractivity contribution in [2.75, 3.05) is 0 Å². The molecule has 0 bridgehead atoms. The number of rotatable bonds is 6. The number of unbranched alkanes of at least 4 members (excludes halogenated alkanes) is 1. The zero-order valence-electron chi connectivity index (χ0n) is 9.92. The molecule has 1 aliphatic carbocycles. The molecule has 82 valence electrons. The van der Waals surface area contributed by atoms with Crippen LogP contribution in [0.4, 0.5) is 0 Å². The summed E-state index contributed by atoms with van der Waals surface area (Å²) in [5.74, 6) is 1.62. The summed E-state index contributed by atoms with van der Waals surface area (Å²) < 4.78 is 0. The highest BCUT2D eigenvalue weighted by atomic mass is 14.6. The molecule has 0 saturated carbocycles. The molecule has 3 unspecified atom stereocenters. The van der Waals surface area contributed by atoms with E-state index in [1.807, 2.05) is 0 Å². The van der Waals surface area contributed by atoms with Crippen molar-refractivity contribution in [2.24, 2.45) is 17.6 Å². The largest absolute Gasteiger partial charge is 0.328 e. The van der Waals surface area contributed by atoms with Gasteiger partial charge in [-0.05, 0) is 38.0 Å². The minimum atomic E-state index is 0.429. The van der Waals surface area contributed by atoms with Crippen LogP contribution in [0.1, 0.15) is 52.9 Å². The second-order valence-corrected chi connectivity index (χ2v) is 4.73. The highest BCUT2D eigenvalue weighted by molar-refractivity contribution is 5.20. The Morgan fingerprint density at radius 3 is 2.64 bits per heavy atom. The maximum Gasteiger partial charge on any atom is 0.00446 e. The third kappa shape index (κ3) is 2.84. The summed E-state index contributed by atoms with van der Waals surface area (Å²) in [5.41, 5.74) is 7.69. The number of hydrogen-bond donors (Lipinski definition) is 1. The van der Waals surface area contributed by atoms with Crippen LogP contribution in [0.25, 0.3) is 0 Å². The Kier molecular flexibility index (Phi) is 4.67. The maximum atomic E-state index is 6.10. The van der Waals surface area contributed by atoms with Gasteiger partial charge < -0.3 is 5.73 Å². The van der Waals surface area contributed by atoms with Gasteiger partial charge in [0, 0.05) is 6.04 Å². The lowest BCUT2D eigenvalue weighted by atomic mass is 9.71. The van der Waals surface area contributed by atoms with Gasteiger partial charge in [0.2, 0.25) is 0 Å². The molecule has 0 aromatic heterocycles. The highest BCUT2D eigenvalue weighted by Crippen LogP contribution is 2.38. The quantitative estimate of drug-likeness (QED) is 0.645. The van der Waals surface area contributed by atoms with E-state index in [-0.39, 0.29) is 0 Å². The lowest BCUT2D eigenvalue weighted by Crippen LogP contribution is -2.31. The summed E-state index contributed by atoms with van der Waals surface area (Å²) in [6.07, 6.45) is 8.66. The molecule has 14 heavy (non-hydrogen) atoms. The van der Waals surface area contributed by atoms with Crippen molar-refractivity contribution in [3.8, 4) is 0 Å². The monoisotopic (exact) mass is 195 g/mol. The predicted molar refractivity (Wildman–Crippen MR) is 63.1 cm³/mol.